The summed E-state index contributed by atoms with van der Waals surface area (Å²) in [5, 5.41) is 11.1. The first kappa shape index (κ1) is 16.9. The van der Waals surface area contributed by atoms with Crippen LogP contribution in [0, 0.1) is 13.8 Å². The summed E-state index contributed by atoms with van der Waals surface area (Å²) in [4.78, 5) is 4.26. The minimum Gasteiger partial charge on any atom is -0.497 e. The molecule has 1 aromatic carbocycles. The predicted octanol–water partition coefficient (Wildman–Crippen LogP) is 1.91. The van der Waals surface area contributed by atoms with Gasteiger partial charge in [-0.05, 0) is 31.5 Å². The standard InChI is InChI=1S/C17H25N5O/c1-12-16(13(2)22(4)21-12)11-20-17(18-3)19-10-14-6-8-15(23-5)9-7-14/h6-9H,10-11H2,1-5H3,(H2,18,19,20). The maximum absolute atomic E-state index is 5.16. The highest BCUT2D eigenvalue weighted by atomic mass is 16.5. The molecule has 0 fully saturated rings. The minimum atomic E-state index is 0.702. The first-order chi connectivity index (χ1) is 11.0. The molecule has 0 bridgehead atoms. The minimum absolute atomic E-state index is 0.702. The van der Waals surface area contributed by atoms with Crippen molar-refractivity contribution >= 4 is 5.96 Å². The summed E-state index contributed by atoms with van der Waals surface area (Å²) < 4.78 is 7.07. The molecular weight excluding hydrogens is 290 g/mol. The van der Waals surface area contributed by atoms with Gasteiger partial charge >= 0.3 is 0 Å². The van der Waals surface area contributed by atoms with Gasteiger partial charge in [-0.1, -0.05) is 12.1 Å². The third-order valence-corrected chi connectivity index (χ3v) is 3.93. The monoisotopic (exact) mass is 315 g/mol. The van der Waals surface area contributed by atoms with E-state index in [9.17, 15) is 0 Å². The number of benzene rings is 1. The second-order valence-electron chi connectivity index (χ2n) is 5.40. The van der Waals surface area contributed by atoms with Crippen molar-refractivity contribution in [3.05, 3.63) is 46.8 Å². The Hall–Kier alpha value is -2.50. The summed E-state index contributed by atoms with van der Waals surface area (Å²) in [7, 11) is 5.40. The highest BCUT2D eigenvalue weighted by Crippen LogP contribution is 2.12. The lowest BCUT2D eigenvalue weighted by molar-refractivity contribution is 0.414. The van der Waals surface area contributed by atoms with Gasteiger partial charge < -0.3 is 15.4 Å². The Morgan fingerprint density at radius 1 is 1.17 bits per heavy atom. The van der Waals surface area contributed by atoms with Crippen molar-refractivity contribution in [2.24, 2.45) is 12.0 Å². The van der Waals surface area contributed by atoms with Crippen molar-refractivity contribution in [3.8, 4) is 5.75 Å². The van der Waals surface area contributed by atoms with Crippen LogP contribution in [0.3, 0.4) is 0 Å². The van der Waals surface area contributed by atoms with Crippen molar-refractivity contribution < 1.29 is 4.74 Å². The fourth-order valence-electron chi connectivity index (χ4n) is 2.40. The lowest BCUT2D eigenvalue weighted by Crippen LogP contribution is -2.36. The van der Waals surface area contributed by atoms with Gasteiger partial charge in [0.1, 0.15) is 5.75 Å². The highest BCUT2D eigenvalue weighted by Gasteiger charge is 2.09. The molecule has 0 aliphatic rings. The molecule has 2 aromatic rings. The number of hydrogen-bond acceptors (Lipinski definition) is 3. The van der Waals surface area contributed by atoms with Crippen molar-refractivity contribution in [1.82, 2.24) is 20.4 Å². The molecule has 0 saturated carbocycles. The van der Waals surface area contributed by atoms with Gasteiger partial charge in [0.05, 0.1) is 12.8 Å². The summed E-state index contributed by atoms with van der Waals surface area (Å²) in [6.07, 6.45) is 0. The number of rotatable bonds is 5. The summed E-state index contributed by atoms with van der Waals surface area (Å²) in [6, 6.07) is 7.98. The van der Waals surface area contributed by atoms with Crippen LogP contribution < -0.4 is 15.4 Å². The van der Waals surface area contributed by atoms with Crippen LogP contribution in [0.5, 0.6) is 5.75 Å². The molecule has 124 valence electrons. The highest BCUT2D eigenvalue weighted by molar-refractivity contribution is 5.79. The largest absolute Gasteiger partial charge is 0.497 e. The maximum atomic E-state index is 5.16. The number of aromatic nitrogens is 2. The molecule has 6 nitrogen and oxygen atoms in total. The van der Waals surface area contributed by atoms with Crippen molar-refractivity contribution in [1.29, 1.82) is 0 Å². The topological polar surface area (TPSA) is 63.5 Å². The summed E-state index contributed by atoms with van der Waals surface area (Å²) in [6.45, 7) is 5.50. The van der Waals surface area contributed by atoms with E-state index in [1.54, 1.807) is 14.2 Å². The van der Waals surface area contributed by atoms with Gasteiger partial charge in [0.25, 0.3) is 0 Å². The molecule has 2 rings (SSSR count). The van der Waals surface area contributed by atoms with Crippen LogP contribution in [-0.4, -0.2) is 29.9 Å². The van der Waals surface area contributed by atoms with E-state index in [0.717, 1.165) is 17.4 Å². The molecular formula is C17H25N5O. The Kier molecular flexibility index (Phi) is 5.62. The summed E-state index contributed by atoms with van der Waals surface area (Å²) in [5.41, 5.74) is 4.59. The molecule has 6 heteroatoms. The van der Waals surface area contributed by atoms with Crippen LogP contribution in [0.1, 0.15) is 22.5 Å². The second-order valence-corrected chi connectivity index (χ2v) is 5.40. The lowest BCUT2D eigenvalue weighted by atomic mass is 10.2. The molecule has 0 atom stereocenters. The van der Waals surface area contributed by atoms with E-state index in [1.165, 1.54) is 16.8 Å². The van der Waals surface area contributed by atoms with Crippen molar-refractivity contribution in [3.63, 3.8) is 0 Å². The van der Waals surface area contributed by atoms with E-state index >= 15 is 0 Å². The van der Waals surface area contributed by atoms with Gasteiger partial charge in [0.2, 0.25) is 0 Å². The van der Waals surface area contributed by atoms with Crippen LogP contribution in [-0.2, 0) is 20.1 Å². The third kappa shape index (κ3) is 4.25. The van der Waals surface area contributed by atoms with Crippen LogP contribution >= 0.6 is 0 Å². The summed E-state index contributed by atoms with van der Waals surface area (Å²) >= 11 is 0. The van der Waals surface area contributed by atoms with E-state index in [-0.39, 0.29) is 0 Å². The fourth-order valence-corrected chi connectivity index (χ4v) is 2.40. The Bertz CT molecular complexity index is 673. The zero-order valence-corrected chi connectivity index (χ0v) is 14.5. The van der Waals surface area contributed by atoms with Crippen LogP contribution in [0.25, 0.3) is 0 Å². The average Bonchev–Trinajstić information content (AvgIpc) is 2.81. The molecule has 0 radical (unpaired) electrons. The molecule has 0 spiro atoms. The van der Waals surface area contributed by atoms with Crippen LogP contribution in [0.4, 0.5) is 0 Å². The average molecular weight is 315 g/mol. The van der Waals surface area contributed by atoms with E-state index in [2.05, 4.69) is 27.6 Å². The number of hydrogen-bond donors (Lipinski definition) is 2. The lowest BCUT2D eigenvalue weighted by Gasteiger charge is -2.12. The zero-order chi connectivity index (χ0) is 16.8. The van der Waals surface area contributed by atoms with E-state index in [0.29, 0.717) is 13.1 Å². The number of guanidine groups is 1. The van der Waals surface area contributed by atoms with Gasteiger partial charge in [-0.25, -0.2) is 0 Å². The van der Waals surface area contributed by atoms with Gasteiger partial charge in [0, 0.05) is 38.4 Å². The second kappa shape index (κ2) is 7.67. The Morgan fingerprint density at radius 2 is 1.83 bits per heavy atom. The molecule has 0 aliphatic carbocycles. The third-order valence-electron chi connectivity index (χ3n) is 3.93. The molecule has 23 heavy (non-hydrogen) atoms. The first-order valence-electron chi connectivity index (χ1n) is 7.61. The molecule has 0 unspecified atom stereocenters. The number of nitrogens with one attached hydrogen (secondary N) is 2. The van der Waals surface area contributed by atoms with Crippen molar-refractivity contribution in [2.75, 3.05) is 14.2 Å². The van der Waals surface area contributed by atoms with Crippen molar-refractivity contribution in [2.45, 2.75) is 26.9 Å². The Labute approximate surface area is 137 Å². The molecule has 1 aromatic heterocycles. The number of aliphatic imine (C=N–C) groups is 1. The summed E-state index contributed by atoms with van der Waals surface area (Å²) in [5.74, 6) is 1.63. The predicted molar refractivity (Wildman–Crippen MR) is 92.7 cm³/mol. The van der Waals surface area contributed by atoms with Gasteiger partial charge in [0.15, 0.2) is 5.96 Å². The Balaban J connectivity index is 1.90. The van der Waals surface area contributed by atoms with E-state index < -0.39 is 0 Å². The van der Waals surface area contributed by atoms with E-state index in [1.807, 2.05) is 42.9 Å². The number of nitrogens with zero attached hydrogens (tertiary/aromatic N) is 3. The normalized spacial score (nSPS) is 11.4. The Morgan fingerprint density at radius 3 is 2.35 bits per heavy atom. The molecule has 0 saturated heterocycles. The molecule has 0 amide bonds. The quantitative estimate of drug-likeness (QED) is 0.653. The maximum Gasteiger partial charge on any atom is 0.191 e. The zero-order valence-electron chi connectivity index (χ0n) is 14.5. The fraction of sp³-hybridized carbons (Fsp3) is 0.412. The van der Waals surface area contributed by atoms with Gasteiger partial charge in [-0.3, -0.25) is 9.67 Å². The van der Waals surface area contributed by atoms with Crippen LogP contribution in [0.15, 0.2) is 29.3 Å². The smallest absolute Gasteiger partial charge is 0.191 e. The molecule has 2 N–H and O–H groups in total. The molecule has 0 aliphatic heterocycles. The number of aryl methyl sites for hydroxylation is 2. The van der Waals surface area contributed by atoms with Gasteiger partial charge in [-0.15, -0.1) is 0 Å². The van der Waals surface area contributed by atoms with E-state index in [4.69, 9.17) is 4.74 Å². The molecule has 1 heterocycles. The number of ether oxygens (including phenoxy) is 1. The number of methoxy groups -OCH3 is 1. The first-order valence-corrected chi connectivity index (χ1v) is 7.61. The van der Waals surface area contributed by atoms with Gasteiger partial charge in [-0.2, -0.15) is 5.10 Å². The van der Waals surface area contributed by atoms with Crippen LogP contribution in [0.2, 0.25) is 0 Å². The SMILES string of the molecule is CN=C(NCc1ccc(OC)cc1)NCc1c(C)nn(C)c1C.